The molecule has 21 heavy (non-hydrogen) atoms. The van der Waals surface area contributed by atoms with Crippen LogP contribution in [0.15, 0.2) is 17.0 Å². The zero-order valence-electron chi connectivity index (χ0n) is 11.3. The molecule has 116 valence electrons. The molecule has 2 unspecified atom stereocenters. The molecule has 2 atom stereocenters. The van der Waals surface area contributed by atoms with E-state index in [1.807, 2.05) is 0 Å². The molecule has 1 aliphatic heterocycles. The fourth-order valence-corrected chi connectivity index (χ4v) is 3.53. The second-order valence-corrected chi connectivity index (χ2v) is 7.06. The highest BCUT2D eigenvalue weighted by Crippen LogP contribution is 2.32. The van der Waals surface area contributed by atoms with Crippen LogP contribution in [0.1, 0.15) is 12.5 Å². The summed E-state index contributed by atoms with van der Waals surface area (Å²) in [6.07, 6.45) is -0.729. The maximum absolute atomic E-state index is 12.2. The fourth-order valence-electron chi connectivity index (χ4n) is 1.89. The molecule has 0 saturated heterocycles. The topological polar surface area (TPSA) is 122 Å². The van der Waals surface area contributed by atoms with Crippen molar-refractivity contribution >= 4 is 33.2 Å². The highest BCUT2D eigenvalue weighted by Gasteiger charge is 2.25. The normalized spacial score (nSPS) is 17.2. The molecule has 0 radical (unpaired) electrons. The van der Waals surface area contributed by atoms with Crippen molar-refractivity contribution in [2.75, 3.05) is 11.9 Å². The van der Waals surface area contributed by atoms with E-state index in [2.05, 4.69) is 10.0 Å². The average molecular weight is 334 g/mol. The smallest absolute Gasteiger partial charge is 0.242 e. The predicted molar refractivity (Wildman–Crippen MR) is 78.6 cm³/mol. The zero-order valence-corrected chi connectivity index (χ0v) is 12.8. The zero-order chi connectivity index (χ0) is 15.8. The van der Waals surface area contributed by atoms with Gasteiger partial charge < -0.3 is 16.2 Å². The maximum atomic E-state index is 12.2. The molecule has 9 heteroatoms. The average Bonchev–Trinajstić information content (AvgIpc) is 2.73. The van der Waals surface area contributed by atoms with Gasteiger partial charge >= 0.3 is 0 Å². The number of rotatable bonds is 5. The molecule has 7 nitrogen and oxygen atoms in total. The SMILES string of the molecule is CC(O)C(N)CNS(=O)(=O)c1cc2c(cc1Cl)NC(=O)C2. The van der Waals surface area contributed by atoms with Gasteiger partial charge in [-0.15, -0.1) is 0 Å². The van der Waals surface area contributed by atoms with E-state index < -0.39 is 22.2 Å². The van der Waals surface area contributed by atoms with Crippen LogP contribution in [-0.2, 0) is 21.2 Å². The number of nitrogens with two attached hydrogens (primary N) is 1. The van der Waals surface area contributed by atoms with Crippen molar-refractivity contribution in [3.63, 3.8) is 0 Å². The largest absolute Gasteiger partial charge is 0.392 e. The quantitative estimate of drug-likeness (QED) is 0.595. The van der Waals surface area contributed by atoms with Gasteiger partial charge in [0.05, 0.1) is 17.5 Å². The van der Waals surface area contributed by atoms with Crippen LogP contribution in [-0.4, -0.2) is 38.1 Å². The lowest BCUT2D eigenvalue weighted by atomic mass is 10.2. The molecule has 1 aromatic rings. The minimum absolute atomic E-state index is 0.00840. The third kappa shape index (κ3) is 3.53. The van der Waals surface area contributed by atoms with Gasteiger partial charge in [-0.3, -0.25) is 4.79 Å². The van der Waals surface area contributed by atoms with Crippen molar-refractivity contribution < 1.29 is 18.3 Å². The Morgan fingerprint density at radius 1 is 1.52 bits per heavy atom. The molecule has 0 saturated carbocycles. The van der Waals surface area contributed by atoms with Crippen molar-refractivity contribution in [3.8, 4) is 0 Å². The molecule has 0 aromatic heterocycles. The van der Waals surface area contributed by atoms with Crippen molar-refractivity contribution in [1.82, 2.24) is 4.72 Å². The van der Waals surface area contributed by atoms with Gasteiger partial charge in [0.25, 0.3) is 0 Å². The lowest BCUT2D eigenvalue weighted by Gasteiger charge is -2.16. The van der Waals surface area contributed by atoms with Gasteiger partial charge in [-0.05, 0) is 24.6 Å². The second-order valence-electron chi connectivity index (χ2n) is 4.92. The summed E-state index contributed by atoms with van der Waals surface area (Å²) < 4.78 is 26.7. The Labute approximate surface area is 127 Å². The number of hydrogen-bond acceptors (Lipinski definition) is 5. The number of benzene rings is 1. The number of carbonyl (C=O) groups is 1. The molecule has 0 fully saturated rings. The predicted octanol–water partition coefficient (Wildman–Crippen LogP) is -0.179. The summed E-state index contributed by atoms with van der Waals surface area (Å²) >= 11 is 5.97. The first kappa shape index (κ1) is 16.2. The first-order valence-electron chi connectivity index (χ1n) is 6.26. The van der Waals surface area contributed by atoms with Gasteiger partial charge in [-0.1, -0.05) is 11.6 Å². The number of aliphatic hydroxyl groups excluding tert-OH is 1. The van der Waals surface area contributed by atoms with Crippen LogP contribution in [0.25, 0.3) is 0 Å². The molecule has 5 N–H and O–H groups in total. The number of carbonyl (C=O) groups excluding carboxylic acids is 1. The summed E-state index contributed by atoms with van der Waals surface area (Å²) in [6.45, 7) is 1.35. The number of fused-ring (bicyclic) bond motifs is 1. The van der Waals surface area contributed by atoms with Gasteiger partial charge in [0.2, 0.25) is 15.9 Å². The molecule has 1 aromatic carbocycles. The van der Waals surface area contributed by atoms with Crippen LogP contribution in [0.4, 0.5) is 5.69 Å². The number of halogens is 1. The summed E-state index contributed by atoms with van der Waals surface area (Å²) in [4.78, 5) is 11.2. The standard InChI is InChI=1S/C12H16ClN3O4S/c1-6(17)9(14)5-15-21(19,20)11-2-7-3-12(18)16-10(7)4-8(11)13/h2,4,6,9,15,17H,3,5,14H2,1H3,(H,16,18). The third-order valence-corrected chi connectivity index (χ3v) is 5.09. The van der Waals surface area contributed by atoms with Gasteiger partial charge in [-0.25, -0.2) is 13.1 Å². The maximum Gasteiger partial charge on any atom is 0.242 e. The second kappa shape index (κ2) is 5.90. The van der Waals surface area contributed by atoms with E-state index in [1.54, 1.807) is 0 Å². The van der Waals surface area contributed by atoms with Crippen molar-refractivity contribution in [2.24, 2.45) is 5.73 Å². The molecular formula is C12H16ClN3O4S. The minimum atomic E-state index is -3.87. The van der Waals surface area contributed by atoms with E-state index in [0.29, 0.717) is 11.3 Å². The van der Waals surface area contributed by atoms with E-state index >= 15 is 0 Å². The van der Waals surface area contributed by atoms with Gasteiger partial charge in [0.1, 0.15) is 4.90 Å². The summed E-state index contributed by atoms with van der Waals surface area (Å²) in [5.74, 6) is -0.209. The van der Waals surface area contributed by atoms with Crippen LogP contribution in [0.2, 0.25) is 5.02 Å². The molecule has 0 bridgehead atoms. The van der Waals surface area contributed by atoms with Crippen LogP contribution >= 0.6 is 11.6 Å². The highest BCUT2D eigenvalue weighted by molar-refractivity contribution is 7.89. The van der Waals surface area contributed by atoms with Crippen LogP contribution < -0.4 is 15.8 Å². The lowest BCUT2D eigenvalue weighted by Crippen LogP contribution is -2.43. The minimum Gasteiger partial charge on any atom is -0.392 e. The number of amides is 1. The molecule has 0 aliphatic carbocycles. The van der Waals surface area contributed by atoms with Gasteiger partial charge in [0, 0.05) is 18.3 Å². The summed E-state index contributed by atoms with van der Waals surface area (Å²) in [5, 5.41) is 11.9. The Morgan fingerprint density at radius 2 is 2.19 bits per heavy atom. The van der Waals surface area contributed by atoms with Crippen LogP contribution in [0.5, 0.6) is 0 Å². The molecule has 1 amide bonds. The van der Waals surface area contributed by atoms with Crippen molar-refractivity contribution in [2.45, 2.75) is 30.4 Å². The van der Waals surface area contributed by atoms with Crippen LogP contribution in [0, 0.1) is 0 Å². The first-order chi connectivity index (χ1) is 9.70. The Hall–Kier alpha value is -1.19. The van der Waals surface area contributed by atoms with E-state index in [-0.39, 0.29) is 28.8 Å². The Morgan fingerprint density at radius 3 is 2.81 bits per heavy atom. The molecule has 0 spiro atoms. The van der Waals surface area contributed by atoms with E-state index in [1.165, 1.54) is 19.1 Å². The lowest BCUT2D eigenvalue weighted by molar-refractivity contribution is -0.115. The van der Waals surface area contributed by atoms with Gasteiger partial charge in [-0.2, -0.15) is 0 Å². The van der Waals surface area contributed by atoms with Crippen LogP contribution in [0.3, 0.4) is 0 Å². The molecule has 1 aliphatic rings. The Balaban J connectivity index is 2.25. The number of aliphatic hydroxyl groups is 1. The highest BCUT2D eigenvalue weighted by atomic mass is 35.5. The Kier molecular flexibility index (Phi) is 4.54. The molecule has 1 heterocycles. The first-order valence-corrected chi connectivity index (χ1v) is 8.12. The third-order valence-electron chi connectivity index (χ3n) is 3.20. The molecule has 2 rings (SSSR count). The van der Waals surface area contributed by atoms with Crippen molar-refractivity contribution in [3.05, 3.63) is 22.7 Å². The summed E-state index contributed by atoms with van der Waals surface area (Å²) in [6, 6.07) is 2.05. The van der Waals surface area contributed by atoms with E-state index in [4.69, 9.17) is 17.3 Å². The summed E-state index contributed by atoms with van der Waals surface area (Å²) in [5.41, 5.74) is 6.68. The fraction of sp³-hybridized carbons (Fsp3) is 0.417. The Bertz CT molecular complexity index is 675. The number of sulfonamides is 1. The number of nitrogens with one attached hydrogen (secondary N) is 2. The van der Waals surface area contributed by atoms with E-state index in [9.17, 15) is 18.3 Å². The molecular weight excluding hydrogens is 318 g/mol. The van der Waals surface area contributed by atoms with Crippen molar-refractivity contribution in [1.29, 1.82) is 0 Å². The van der Waals surface area contributed by atoms with E-state index in [0.717, 1.165) is 0 Å². The summed E-state index contributed by atoms with van der Waals surface area (Å²) in [7, 11) is -3.87. The monoisotopic (exact) mass is 333 g/mol. The van der Waals surface area contributed by atoms with Gasteiger partial charge in [0.15, 0.2) is 0 Å². The number of anilines is 1. The number of hydrogen-bond donors (Lipinski definition) is 4.